The van der Waals surface area contributed by atoms with Crippen molar-refractivity contribution in [3.05, 3.63) is 30.1 Å². The number of imidazole rings is 1. The molecule has 3 heterocycles. The van der Waals surface area contributed by atoms with Crippen molar-refractivity contribution in [2.24, 2.45) is 11.8 Å². The van der Waals surface area contributed by atoms with Crippen LogP contribution in [0.1, 0.15) is 50.1 Å². The van der Waals surface area contributed by atoms with E-state index in [1.54, 1.807) is 29.2 Å². The van der Waals surface area contributed by atoms with E-state index in [1.165, 1.54) is 4.57 Å². The van der Waals surface area contributed by atoms with Crippen LogP contribution in [0.25, 0.3) is 11.0 Å². The third kappa shape index (κ3) is 6.86. The first kappa shape index (κ1) is 30.3. The fraction of sp³-hybridized carbons (Fsp3) is 0.640. The fourth-order valence-electron chi connectivity index (χ4n) is 5.20. The maximum Gasteiger partial charge on any atom is 0.290 e. The molecular weight excluding hydrogens is 511 g/mol. The van der Waals surface area contributed by atoms with Crippen LogP contribution in [0, 0.1) is 11.8 Å². The highest BCUT2D eigenvalue weighted by atomic mass is 35.5. The smallest absolute Gasteiger partial charge is 0.290 e. The number of hydrogen-bond donors (Lipinski definition) is 1. The Morgan fingerprint density at radius 2 is 1.81 bits per heavy atom. The number of carbonyl (C=O) groups excluding carboxylic acids is 2. The molecule has 0 bridgehead atoms. The first-order valence-electron chi connectivity index (χ1n) is 12.4. The highest BCUT2D eigenvalue weighted by Gasteiger charge is 2.36. The summed E-state index contributed by atoms with van der Waals surface area (Å²) in [6.45, 7) is 6.68. The van der Waals surface area contributed by atoms with Gasteiger partial charge in [0.15, 0.2) is 5.82 Å². The molecule has 0 unspecified atom stereocenters. The Bertz CT molecular complexity index is 1010. The van der Waals surface area contributed by atoms with Gasteiger partial charge in [0, 0.05) is 38.8 Å². The van der Waals surface area contributed by atoms with Crippen molar-refractivity contribution in [2.75, 3.05) is 32.7 Å². The van der Waals surface area contributed by atoms with Crippen molar-refractivity contribution in [2.45, 2.75) is 58.5 Å². The Kier molecular flexibility index (Phi) is 11.4. The summed E-state index contributed by atoms with van der Waals surface area (Å²) in [6, 6.07) is 6.78. The molecule has 0 radical (unpaired) electrons. The molecule has 4 rings (SSSR count). The van der Waals surface area contributed by atoms with Crippen LogP contribution < -0.4 is 5.32 Å². The molecule has 1 N–H and O–H groups in total. The van der Waals surface area contributed by atoms with Gasteiger partial charge < -0.3 is 19.7 Å². The van der Waals surface area contributed by atoms with Crippen LogP contribution in [0.15, 0.2) is 24.3 Å². The van der Waals surface area contributed by atoms with Gasteiger partial charge in [-0.1, -0.05) is 26.0 Å². The van der Waals surface area contributed by atoms with E-state index in [0.29, 0.717) is 37.1 Å². The van der Waals surface area contributed by atoms with Gasteiger partial charge >= 0.3 is 0 Å². The zero-order valence-electron chi connectivity index (χ0n) is 20.9. The lowest BCUT2D eigenvalue weighted by molar-refractivity contribution is -0.137. The molecule has 2 fully saturated rings. The average Bonchev–Trinajstić information content (AvgIpc) is 3.20. The number of alkyl halides is 2. The number of carbonyl (C=O) groups is 2. The zero-order chi connectivity index (χ0) is 24.2. The van der Waals surface area contributed by atoms with Gasteiger partial charge in [-0.2, -0.15) is 0 Å². The van der Waals surface area contributed by atoms with E-state index in [1.807, 2.05) is 18.7 Å². The molecule has 1 aromatic heterocycles. The molecule has 2 saturated heterocycles. The molecule has 0 spiro atoms. The first-order chi connectivity index (χ1) is 16.3. The van der Waals surface area contributed by atoms with Gasteiger partial charge in [-0.3, -0.25) is 9.59 Å². The number of nitrogens with zero attached hydrogens (tertiary/aromatic N) is 4. The molecule has 2 atom stereocenters. The van der Waals surface area contributed by atoms with Crippen molar-refractivity contribution in [1.82, 2.24) is 24.7 Å². The first-order valence-corrected chi connectivity index (χ1v) is 12.4. The highest BCUT2D eigenvalue weighted by Crippen LogP contribution is 2.25. The second kappa shape index (κ2) is 13.5. The lowest BCUT2D eigenvalue weighted by Crippen LogP contribution is -2.55. The number of aromatic nitrogens is 2. The van der Waals surface area contributed by atoms with Crippen molar-refractivity contribution in [3.8, 4) is 0 Å². The van der Waals surface area contributed by atoms with E-state index in [-0.39, 0.29) is 60.3 Å². The number of piperidine rings is 2. The molecule has 36 heavy (non-hydrogen) atoms. The standard InChI is InChI=1S/C25H35F2N5O2.2ClH/c1-17(2)15-31(19-12-18(13-28-14-19)24(33)30-10-6-3-7-11-30)25(34)23-29-20-8-4-5-9-21(20)32(23)16-22(26)27;;/h4-5,8-9,17-19,22,28H,3,6-7,10-16H2,1-2H3;2*1H/t18-,19+;;/m1../s1. The van der Waals surface area contributed by atoms with Crippen molar-refractivity contribution in [1.29, 1.82) is 0 Å². The quantitative estimate of drug-likeness (QED) is 0.563. The Morgan fingerprint density at radius 3 is 2.47 bits per heavy atom. The second-order valence-corrected chi connectivity index (χ2v) is 9.91. The van der Waals surface area contributed by atoms with Crippen molar-refractivity contribution < 1.29 is 18.4 Å². The number of fused-ring (bicyclic) bond motifs is 1. The summed E-state index contributed by atoms with van der Waals surface area (Å²) in [5.74, 6) is -0.192. The number of halogens is 4. The predicted molar refractivity (Wildman–Crippen MR) is 141 cm³/mol. The second-order valence-electron chi connectivity index (χ2n) is 9.91. The van der Waals surface area contributed by atoms with E-state index in [9.17, 15) is 18.4 Å². The summed E-state index contributed by atoms with van der Waals surface area (Å²) in [5, 5.41) is 3.35. The third-order valence-corrected chi connectivity index (χ3v) is 6.77. The SMILES string of the molecule is CC(C)CN(C(=O)c1nc2ccccc2n1CC(F)F)[C@@H]1CNC[C@H](C(=O)N2CCCCC2)C1.Cl.Cl. The molecule has 2 aliphatic heterocycles. The minimum Gasteiger partial charge on any atom is -0.342 e. The molecule has 202 valence electrons. The molecule has 0 aliphatic carbocycles. The van der Waals surface area contributed by atoms with Crippen LogP contribution in [-0.4, -0.2) is 76.4 Å². The average molecular weight is 549 g/mol. The van der Waals surface area contributed by atoms with E-state index in [4.69, 9.17) is 0 Å². The van der Waals surface area contributed by atoms with Crippen LogP contribution in [-0.2, 0) is 11.3 Å². The van der Waals surface area contributed by atoms with Gasteiger partial charge in [0.05, 0.1) is 23.5 Å². The van der Waals surface area contributed by atoms with Crippen LogP contribution >= 0.6 is 24.8 Å². The highest BCUT2D eigenvalue weighted by molar-refractivity contribution is 5.95. The topological polar surface area (TPSA) is 70.5 Å². The fourth-order valence-corrected chi connectivity index (χ4v) is 5.20. The van der Waals surface area contributed by atoms with Crippen LogP contribution in [0.4, 0.5) is 8.78 Å². The molecule has 1 aromatic carbocycles. The summed E-state index contributed by atoms with van der Waals surface area (Å²) < 4.78 is 28.2. The molecule has 2 aliphatic rings. The molecule has 2 amide bonds. The minimum atomic E-state index is -2.61. The van der Waals surface area contributed by atoms with Crippen LogP contribution in [0.3, 0.4) is 0 Å². The van der Waals surface area contributed by atoms with E-state index in [2.05, 4.69) is 10.3 Å². The summed E-state index contributed by atoms with van der Waals surface area (Å²) in [7, 11) is 0. The van der Waals surface area contributed by atoms with E-state index in [0.717, 1.165) is 32.4 Å². The summed E-state index contributed by atoms with van der Waals surface area (Å²) >= 11 is 0. The van der Waals surface area contributed by atoms with Crippen LogP contribution in [0.2, 0.25) is 0 Å². The number of benzene rings is 1. The number of nitrogens with one attached hydrogen (secondary N) is 1. The van der Waals surface area contributed by atoms with Gasteiger partial charge in [-0.25, -0.2) is 13.8 Å². The summed E-state index contributed by atoms with van der Waals surface area (Å²) in [6.07, 6.45) is 1.19. The Balaban J connectivity index is 0.00000228. The predicted octanol–water partition coefficient (Wildman–Crippen LogP) is 4.23. The van der Waals surface area contributed by atoms with Crippen LogP contribution in [0.5, 0.6) is 0 Å². The lowest BCUT2D eigenvalue weighted by atomic mass is 9.92. The minimum absolute atomic E-state index is 0. The maximum atomic E-state index is 13.8. The van der Waals surface area contributed by atoms with E-state index >= 15 is 0 Å². The number of para-hydroxylation sites is 2. The summed E-state index contributed by atoms with van der Waals surface area (Å²) in [4.78, 5) is 35.1. The van der Waals surface area contributed by atoms with E-state index < -0.39 is 13.0 Å². The largest absolute Gasteiger partial charge is 0.342 e. The number of likely N-dealkylation sites (tertiary alicyclic amines) is 1. The van der Waals surface area contributed by atoms with Gasteiger partial charge in [-0.05, 0) is 43.7 Å². The van der Waals surface area contributed by atoms with Crippen molar-refractivity contribution >= 4 is 47.7 Å². The third-order valence-electron chi connectivity index (χ3n) is 6.77. The molecule has 11 heteroatoms. The Hall–Kier alpha value is -1.97. The normalized spacial score (nSPS) is 20.2. The van der Waals surface area contributed by atoms with Gasteiger partial charge in [0.25, 0.3) is 12.3 Å². The van der Waals surface area contributed by atoms with Gasteiger partial charge in [-0.15, -0.1) is 24.8 Å². The molecule has 7 nitrogen and oxygen atoms in total. The van der Waals surface area contributed by atoms with Crippen molar-refractivity contribution in [3.63, 3.8) is 0 Å². The lowest BCUT2D eigenvalue weighted by Gasteiger charge is -2.40. The Labute approximate surface area is 223 Å². The maximum absolute atomic E-state index is 13.8. The number of hydrogen-bond acceptors (Lipinski definition) is 4. The monoisotopic (exact) mass is 547 g/mol. The molecule has 0 saturated carbocycles. The Morgan fingerprint density at radius 1 is 1.11 bits per heavy atom. The molecule has 2 aromatic rings. The van der Waals surface area contributed by atoms with Gasteiger partial charge in [0.2, 0.25) is 5.91 Å². The molecular formula is C25H37Cl2F2N5O2. The summed E-state index contributed by atoms with van der Waals surface area (Å²) in [5.41, 5.74) is 1.05. The number of amides is 2. The van der Waals surface area contributed by atoms with Gasteiger partial charge in [0.1, 0.15) is 0 Å². The number of rotatable bonds is 7. The zero-order valence-corrected chi connectivity index (χ0v) is 22.5.